The standard InChI is InChI=1S/C9H13O2/c1-8-4-6-9(10-2,11-3)7-5-8/h4-8H,1H2,2-3H3. The number of rotatable bonds is 2. The first-order chi connectivity index (χ1) is 5.22. The molecule has 2 heteroatoms. The second kappa shape index (κ2) is 3.20. The van der Waals surface area contributed by atoms with E-state index in [1.807, 2.05) is 24.3 Å². The van der Waals surface area contributed by atoms with Gasteiger partial charge in [0.2, 0.25) is 5.79 Å². The predicted molar refractivity (Wildman–Crippen MR) is 43.9 cm³/mol. The van der Waals surface area contributed by atoms with Crippen LogP contribution in [0.25, 0.3) is 0 Å². The van der Waals surface area contributed by atoms with Crippen LogP contribution in [0.4, 0.5) is 0 Å². The minimum absolute atomic E-state index is 0.230. The maximum Gasteiger partial charge on any atom is 0.207 e. The van der Waals surface area contributed by atoms with Gasteiger partial charge in [0, 0.05) is 14.2 Å². The van der Waals surface area contributed by atoms with Crippen molar-refractivity contribution in [2.75, 3.05) is 14.2 Å². The van der Waals surface area contributed by atoms with E-state index in [1.54, 1.807) is 14.2 Å². The Hall–Kier alpha value is -0.600. The second-order valence-electron chi connectivity index (χ2n) is 2.51. The van der Waals surface area contributed by atoms with Crippen molar-refractivity contribution in [2.24, 2.45) is 5.92 Å². The fourth-order valence-electron chi connectivity index (χ4n) is 0.991. The summed E-state index contributed by atoms with van der Waals surface area (Å²) in [5, 5.41) is 0. The number of ether oxygens (including phenoxy) is 2. The third-order valence-electron chi connectivity index (χ3n) is 1.79. The van der Waals surface area contributed by atoms with Crippen molar-refractivity contribution < 1.29 is 9.47 Å². The first-order valence-electron chi connectivity index (χ1n) is 3.54. The molecule has 1 rings (SSSR count). The van der Waals surface area contributed by atoms with Gasteiger partial charge >= 0.3 is 0 Å². The number of methoxy groups -OCH3 is 2. The zero-order chi connectivity index (χ0) is 8.32. The summed E-state index contributed by atoms with van der Waals surface area (Å²) in [6, 6.07) is 0. The van der Waals surface area contributed by atoms with Crippen molar-refractivity contribution in [3.63, 3.8) is 0 Å². The molecule has 1 radical (unpaired) electrons. The van der Waals surface area contributed by atoms with Gasteiger partial charge in [-0.05, 0) is 25.0 Å². The van der Waals surface area contributed by atoms with E-state index >= 15 is 0 Å². The zero-order valence-corrected chi connectivity index (χ0v) is 6.91. The van der Waals surface area contributed by atoms with Gasteiger partial charge in [0.25, 0.3) is 0 Å². The third kappa shape index (κ3) is 1.70. The van der Waals surface area contributed by atoms with Gasteiger partial charge in [-0.25, -0.2) is 0 Å². The van der Waals surface area contributed by atoms with E-state index in [9.17, 15) is 0 Å². The molecule has 0 unspecified atom stereocenters. The van der Waals surface area contributed by atoms with Gasteiger partial charge in [0.1, 0.15) is 0 Å². The van der Waals surface area contributed by atoms with Crippen LogP contribution < -0.4 is 0 Å². The van der Waals surface area contributed by atoms with Crippen LogP contribution in [0.1, 0.15) is 0 Å². The number of allylic oxidation sites excluding steroid dienone is 2. The lowest BCUT2D eigenvalue weighted by atomic mass is 10.0. The van der Waals surface area contributed by atoms with Crippen molar-refractivity contribution >= 4 is 0 Å². The Morgan fingerprint density at radius 3 is 2.00 bits per heavy atom. The molecule has 0 atom stereocenters. The lowest BCUT2D eigenvalue weighted by Crippen LogP contribution is -2.30. The largest absolute Gasteiger partial charge is 0.346 e. The van der Waals surface area contributed by atoms with Crippen LogP contribution in [0.3, 0.4) is 0 Å². The molecule has 0 fully saturated rings. The number of hydrogen-bond donors (Lipinski definition) is 0. The molecule has 0 bridgehead atoms. The molecule has 0 aromatic rings. The highest BCUT2D eigenvalue weighted by molar-refractivity contribution is 5.20. The third-order valence-corrected chi connectivity index (χ3v) is 1.79. The molecule has 0 aromatic heterocycles. The molecule has 0 N–H and O–H groups in total. The summed E-state index contributed by atoms with van der Waals surface area (Å²) in [5.41, 5.74) is 0. The topological polar surface area (TPSA) is 18.5 Å². The van der Waals surface area contributed by atoms with Crippen LogP contribution in [-0.2, 0) is 9.47 Å². The number of hydrogen-bond acceptors (Lipinski definition) is 2. The smallest absolute Gasteiger partial charge is 0.207 e. The molecule has 0 spiro atoms. The highest BCUT2D eigenvalue weighted by atomic mass is 16.7. The van der Waals surface area contributed by atoms with Gasteiger partial charge in [0.15, 0.2) is 0 Å². The molecule has 0 heterocycles. The highest BCUT2D eigenvalue weighted by Gasteiger charge is 2.24. The van der Waals surface area contributed by atoms with Gasteiger partial charge in [-0.1, -0.05) is 12.2 Å². The molecule has 1 aliphatic rings. The van der Waals surface area contributed by atoms with Gasteiger partial charge in [-0.15, -0.1) is 0 Å². The van der Waals surface area contributed by atoms with Gasteiger partial charge in [-0.3, -0.25) is 0 Å². The normalized spacial score (nSPS) is 22.5. The summed E-state index contributed by atoms with van der Waals surface area (Å²) in [6.07, 6.45) is 7.63. The van der Waals surface area contributed by atoms with Gasteiger partial charge in [0.05, 0.1) is 0 Å². The molecule has 1 aliphatic carbocycles. The van der Waals surface area contributed by atoms with Gasteiger partial charge in [-0.2, -0.15) is 0 Å². The Kier molecular flexibility index (Phi) is 2.47. The Bertz CT molecular complexity index is 162. The van der Waals surface area contributed by atoms with E-state index in [0.29, 0.717) is 0 Å². The fourth-order valence-corrected chi connectivity index (χ4v) is 0.991. The average Bonchev–Trinajstić information content (AvgIpc) is 2.07. The zero-order valence-electron chi connectivity index (χ0n) is 6.91. The Morgan fingerprint density at radius 2 is 1.64 bits per heavy atom. The minimum atomic E-state index is -0.659. The summed E-state index contributed by atoms with van der Waals surface area (Å²) in [5.74, 6) is -0.429. The van der Waals surface area contributed by atoms with Crippen LogP contribution in [0.5, 0.6) is 0 Å². The van der Waals surface area contributed by atoms with E-state index in [1.165, 1.54) is 0 Å². The molecule has 0 aromatic carbocycles. The SMILES string of the molecule is [CH2]C1C=CC(OC)(OC)C=C1. The molecule has 2 nitrogen and oxygen atoms in total. The fraction of sp³-hybridized carbons (Fsp3) is 0.444. The molecule has 0 aliphatic heterocycles. The first kappa shape index (κ1) is 8.50. The van der Waals surface area contributed by atoms with Crippen molar-refractivity contribution in [3.05, 3.63) is 31.2 Å². The maximum atomic E-state index is 5.15. The molecule has 0 saturated heterocycles. The summed E-state index contributed by atoms with van der Waals surface area (Å²) in [4.78, 5) is 0. The summed E-state index contributed by atoms with van der Waals surface area (Å²) in [7, 11) is 3.23. The quantitative estimate of drug-likeness (QED) is 0.442. The van der Waals surface area contributed by atoms with E-state index in [0.717, 1.165) is 0 Å². The van der Waals surface area contributed by atoms with Crippen LogP contribution in [0.2, 0.25) is 0 Å². The summed E-state index contributed by atoms with van der Waals surface area (Å²) < 4.78 is 10.3. The van der Waals surface area contributed by atoms with Crippen molar-refractivity contribution in [1.82, 2.24) is 0 Å². The Morgan fingerprint density at radius 1 is 1.18 bits per heavy atom. The van der Waals surface area contributed by atoms with E-state index < -0.39 is 5.79 Å². The lowest BCUT2D eigenvalue weighted by molar-refractivity contribution is -0.134. The second-order valence-corrected chi connectivity index (χ2v) is 2.51. The monoisotopic (exact) mass is 153 g/mol. The first-order valence-corrected chi connectivity index (χ1v) is 3.54. The van der Waals surface area contributed by atoms with Gasteiger partial charge < -0.3 is 9.47 Å². The van der Waals surface area contributed by atoms with E-state index in [2.05, 4.69) is 6.92 Å². The molecule has 0 saturated carbocycles. The van der Waals surface area contributed by atoms with Crippen LogP contribution in [0, 0.1) is 12.8 Å². The predicted octanol–water partition coefficient (Wildman–Crippen LogP) is 1.55. The molecule has 61 valence electrons. The minimum Gasteiger partial charge on any atom is -0.346 e. The Balaban J connectivity index is 2.73. The summed E-state index contributed by atoms with van der Waals surface area (Å²) in [6.45, 7) is 3.85. The highest BCUT2D eigenvalue weighted by Crippen LogP contribution is 2.21. The van der Waals surface area contributed by atoms with Crippen LogP contribution >= 0.6 is 0 Å². The van der Waals surface area contributed by atoms with Crippen LogP contribution in [0.15, 0.2) is 24.3 Å². The molecular weight excluding hydrogens is 140 g/mol. The summed E-state index contributed by atoms with van der Waals surface area (Å²) >= 11 is 0. The molecule has 11 heavy (non-hydrogen) atoms. The van der Waals surface area contributed by atoms with Crippen LogP contribution in [-0.4, -0.2) is 20.0 Å². The maximum absolute atomic E-state index is 5.15. The molecular formula is C9H13O2. The van der Waals surface area contributed by atoms with Crippen molar-refractivity contribution in [2.45, 2.75) is 5.79 Å². The van der Waals surface area contributed by atoms with Crippen molar-refractivity contribution in [3.8, 4) is 0 Å². The average molecular weight is 153 g/mol. The molecule has 0 amide bonds. The van der Waals surface area contributed by atoms with E-state index in [4.69, 9.17) is 9.47 Å². The lowest BCUT2D eigenvalue weighted by Gasteiger charge is -2.26. The van der Waals surface area contributed by atoms with E-state index in [-0.39, 0.29) is 5.92 Å². The van der Waals surface area contributed by atoms with Crippen molar-refractivity contribution in [1.29, 1.82) is 0 Å². The Labute approximate surface area is 67.5 Å².